The fourth-order valence-electron chi connectivity index (χ4n) is 3.28. The number of carboxylic acids is 1. The Morgan fingerprint density at radius 3 is 2.95 bits per heavy atom. The van der Waals surface area contributed by atoms with Gasteiger partial charge < -0.3 is 14.7 Å². The summed E-state index contributed by atoms with van der Waals surface area (Å²) >= 11 is 0. The van der Waals surface area contributed by atoms with Crippen molar-refractivity contribution in [2.24, 2.45) is 5.92 Å². The second-order valence-corrected chi connectivity index (χ2v) is 5.57. The molecule has 2 aliphatic rings. The zero-order valence-corrected chi connectivity index (χ0v) is 11.1. The van der Waals surface area contributed by atoms with E-state index in [9.17, 15) is 9.90 Å². The Kier molecular flexibility index (Phi) is 3.09. The number of aromatic carboxylic acids is 1. The molecule has 0 saturated heterocycles. The molecule has 2 unspecified atom stereocenters. The topological polar surface area (TPSA) is 49.8 Å². The number of rotatable bonds is 2. The molecule has 1 N–H and O–H groups in total. The first kappa shape index (κ1) is 12.3. The molecule has 0 radical (unpaired) electrons. The third-order valence-corrected chi connectivity index (χ3v) is 4.22. The standard InChI is InChI=1S/C15H19NO3/c1-10-5-6-11(9-10)16-7-8-19-14-12(15(17)18)3-2-4-13(14)16/h2-4,10-11H,5-9H2,1H3,(H,17,18). The second-order valence-electron chi connectivity index (χ2n) is 5.57. The van der Waals surface area contributed by atoms with E-state index >= 15 is 0 Å². The molecule has 1 aliphatic carbocycles. The maximum absolute atomic E-state index is 11.3. The van der Waals surface area contributed by atoms with Crippen molar-refractivity contribution in [3.05, 3.63) is 23.8 Å². The van der Waals surface area contributed by atoms with Crippen molar-refractivity contribution in [1.29, 1.82) is 0 Å². The third kappa shape index (κ3) is 2.15. The van der Waals surface area contributed by atoms with Gasteiger partial charge in [-0.2, -0.15) is 0 Å². The van der Waals surface area contributed by atoms with Gasteiger partial charge in [0, 0.05) is 6.04 Å². The smallest absolute Gasteiger partial charge is 0.339 e. The Morgan fingerprint density at radius 1 is 1.42 bits per heavy atom. The lowest BCUT2D eigenvalue weighted by Gasteiger charge is -2.36. The zero-order chi connectivity index (χ0) is 13.4. The van der Waals surface area contributed by atoms with E-state index in [0.29, 0.717) is 18.4 Å². The monoisotopic (exact) mass is 261 g/mol. The number of fused-ring (bicyclic) bond motifs is 1. The number of ether oxygens (including phenoxy) is 1. The molecule has 1 saturated carbocycles. The molecule has 3 rings (SSSR count). The van der Waals surface area contributed by atoms with Crippen LogP contribution in [0.3, 0.4) is 0 Å². The Bertz CT molecular complexity index is 500. The average molecular weight is 261 g/mol. The summed E-state index contributed by atoms with van der Waals surface area (Å²) in [6, 6.07) is 5.93. The van der Waals surface area contributed by atoms with Crippen LogP contribution >= 0.6 is 0 Å². The fourth-order valence-corrected chi connectivity index (χ4v) is 3.28. The number of benzene rings is 1. The van der Waals surface area contributed by atoms with Crippen LogP contribution in [0.25, 0.3) is 0 Å². The molecule has 4 heteroatoms. The highest BCUT2D eigenvalue weighted by Crippen LogP contribution is 2.40. The molecule has 2 atom stereocenters. The van der Waals surface area contributed by atoms with Gasteiger partial charge in [-0.15, -0.1) is 0 Å². The van der Waals surface area contributed by atoms with Gasteiger partial charge in [-0.1, -0.05) is 13.0 Å². The van der Waals surface area contributed by atoms with E-state index in [2.05, 4.69) is 11.8 Å². The molecule has 19 heavy (non-hydrogen) atoms. The lowest BCUT2D eigenvalue weighted by atomic mass is 10.1. The summed E-state index contributed by atoms with van der Waals surface area (Å²) in [7, 11) is 0. The summed E-state index contributed by atoms with van der Waals surface area (Å²) in [5, 5.41) is 9.24. The van der Waals surface area contributed by atoms with Crippen molar-refractivity contribution in [2.75, 3.05) is 18.1 Å². The molecule has 0 amide bonds. The van der Waals surface area contributed by atoms with Crippen molar-refractivity contribution in [2.45, 2.75) is 32.2 Å². The van der Waals surface area contributed by atoms with Gasteiger partial charge in [-0.25, -0.2) is 4.79 Å². The molecule has 0 spiro atoms. The van der Waals surface area contributed by atoms with Crippen LogP contribution in [-0.2, 0) is 0 Å². The lowest BCUT2D eigenvalue weighted by Crippen LogP contribution is -2.40. The van der Waals surface area contributed by atoms with Crippen LogP contribution in [0.2, 0.25) is 0 Å². The number of nitrogens with zero attached hydrogens (tertiary/aromatic N) is 1. The molecular weight excluding hydrogens is 242 g/mol. The number of para-hydroxylation sites is 1. The van der Waals surface area contributed by atoms with Crippen LogP contribution in [-0.4, -0.2) is 30.3 Å². The van der Waals surface area contributed by atoms with Crippen molar-refractivity contribution in [1.82, 2.24) is 0 Å². The van der Waals surface area contributed by atoms with Gasteiger partial charge in [-0.3, -0.25) is 0 Å². The van der Waals surface area contributed by atoms with Crippen LogP contribution in [0.4, 0.5) is 5.69 Å². The summed E-state index contributed by atoms with van der Waals surface area (Å²) in [5.74, 6) is 0.387. The van der Waals surface area contributed by atoms with Gasteiger partial charge in [0.2, 0.25) is 0 Å². The van der Waals surface area contributed by atoms with E-state index in [1.807, 2.05) is 12.1 Å². The Balaban J connectivity index is 1.96. The molecule has 1 aromatic rings. The first-order chi connectivity index (χ1) is 9.16. The normalized spacial score (nSPS) is 25.8. The quantitative estimate of drug-likeness (QED) is 0.889. The minimum atomic E-state index is -0.918. The van der Waals surface area contributed by atoms with Crippen molar-refractivity contribution in [3.63, 3.8) is 0 Å². The van der Waals surface area contributed by atoms with Crippen LogP contribution in [0, 0.1) is 5.92 Å². The highest BCUT2D eigenvalue weighted by Gasteiger charge is 2.32. The minimum absolute atomic E-state index is 0.272. The molecule has 1 heterocycles. The SMILES string of the molecule is CC1CCC(N2CCOc3c(C(=O)O)cccc32)C1. The molecule has 1 aliphatic heterocycles. The van der Waals surface area contributed by atoms with Crippen LogP contribution in [0.1, 0.15) is 36.5 Å². The molecule has 102 valence electrons. The first-order valence-corrected chi connectivity index (χ1v) is 6.92. The number of carbonyl (C=O) groups is 1. The van der Waals surface area contributed by atoms with E-state index < -0.39 is 5.97 Å². The van der Waals surface area contributed by atoms with Crippen molar-refractivity contribution < 1.29 is 14.6 Å². The van der Waals surface area contributed by atoms with E-state index in [1.54, 1.807) is 6.07 Å². The maximum Gasteiger partial charge on any atom is 0.339 e. The number of hydrogen-bond acceptors (Lipinski definition) is 3. The van der Waals surface area contributed by atoms with Crippen molar-refractivity contribution >= 4 is 11.7 Å². The van der Waals surface area contributed by atoms with Gasteiger partial charge in [0.05, 0.1) is 12.2 Å². The Labute approximate surface area is 113 Å². The molecule has 1 aromatic carbocycles. The minimum Gasteiger partial charge on any atom is -0.489 e. The average Bonchev–Trinajstić information content (AvgIpc) is 2.83. The van der Waals surface area contributed by atoms with Crippen LogP contribution in [0.15, 0.2) is 18.2 Å². The molecular formula is C15H19NO3. The summed E-state index contributed by atoms with van der Waals surface area (Å²) in [4.78, 5) is 13.6. The van der Waals surface area contributed by atoms with Gasteiger partial charge in [-0.05, 0) is 37.3 Å². The summed E-state index contributed by atoms with van der Waals surface area (Å²) in [5.41, 5.74) is 1.22. The number of hydrogen-bond donors (Lipinski definition) is 1. The lowest BCUT2D eigenvalue weighted by molar-refractivity contribution is 0.0692. The summed E-state index contributed by atoms with van der Waals surface area (Å²) < 4.78 is 5.61. The highest BCUT2D eigenvalue weighted by atomic mass is 16.5. The van der Waals surface area contributed by atoms with Crippen LogP contribution in [0.5, 0.6) is 5.75 Å². The van der Waals surface area contributed by atoms with E-state index in [4.69, 9.17) is 4.74 Å². The third-order valence-electron chi connectivity index (χ3n) is 4.22. The van der Waals surface area contributed by atoms with Gasteiger partial charge in [0.25, 0.3) is 0 Å². The first-order valence-electron chi connectivity index (χ1n) is 6.92. The maximum atomic E-state index is 11.3. The number of anilines is 1. The summed E-state index contributed by atoms with van der Waals surface area (Å²) in [6.45, 7) is 3.71. The van der Waals surface area contributed by atoms with Crippen LogP contribution < -0.4 is 9.64 Å². The molecule has 0 bridgehead atoms. The molecule has 0 aromatic heterocycles. The fraction of sp³-hybridized carbons (Fsp3) is 0.533. The number of carboxylic acid groups (broad SMARTS) is 1. The van der Waals surface area contributed by atoms with Gasteiger partial charge >= 0.3 is 5.97 Å². The Morgan fingerprint density at radius 2 is 2.26 bits per heavy atom. The summed E-state index contributed by atoms with van der Waals surface area (Å²) in [6.07, 6.45) is 3.64. The largest absolute Gasteiger partial charge is 0.489 e. The molecule has 4 nitrogen and oxygen atoms in total. The zero-order valence-electron chi connectivity index (χ0n) is 11.1. The molecule has 1 fully saturated rings. The van der Waals surface area contributed by atoms with Crippen molar-refractivity contribution in [3.8, 4) is 5.75 Å². The van der Waals surface area contributed by atoms with Gasteiger partial charge in [0.15, 0.2) is 5.75 Å². The van der Waals surface area contributed by atoms with E-state index in [-0.39, 0.29) is 5.56 Å². The van der Waals surface area contributed by atoms with E-state index in [0.717, 1.165) is 18.2 Å². The highest BCUT2D eigenvalue weighted by molar-refractivity contribution is 5.93. The second kappa shape index (κ2) is 4.76. The van der Waals surface area contributed by atoms with Gasteiger partial charge in [0.1, 0.15) is 12.2 Å². The predicted octanol–water partition coefficient (Wildman–Crippen LogP) is 2.77. The Hall–Kier alpha value is -1.71. The predicted molar refractivity (Wildman–Crippen MR) is 73.0 cm³/mol. The van der Waals surface area contributed by atoms with E-state index in [1.165, 1.54) is 19.3 Å².